The Morgan fingerprint density at radius 2 is 2.07 bits per heavy atom. The van der Waals surface area contributed by atoms with Gasteiger partial charge in [0.25, 0.3) is 0 Å². The van der Waals surface area contributed by atoms with Gasteiger partial charge < -0.3 is 4.79 Å². The van der Waals surface area contributed by atoms with E-state index in [1.165, 1.54) is 16.7 Å². The zero-order chi connectivity index (χ0) is 11.3. The van der Waals surface area contributed by atoms with Crippen LogP contribution in [0.3, 0.4) is 0 Å². The molecule has 0 saturated carbocycles. The van der Waals surface area contributed by atoms with E-state index in [0.717, 1.165) is 19.1 Å². The second kappa shape index (κ2) is 5.69. The molecule has 0 spiro atoms. The number of rotatable bonds is 5. The summed E-state index contributed by atoms with van der Waals surface area (Å²) in [6.07, 6.45) is 3.66. The van der Waals surface area contributed by atoms with E-state index in [2.05, 4.69) is 39.0 Å². The van der Waals surface area contributed by atoms with Gasteiger partial charge in [-0.05, 0) is 42.4 Å². The molecule has 0 heterocycles. The standard InChI is InChI=1S/C14H20O/c1-11(2)13-8-7-12(3)14(10-13)6-4-5-9-15/h7-11H,4-6H2,1-3H3. The number of benzene rings is 1. The number of carbonyl (C=O) groups is 1. The van der Waals surface area contributed by atoms with Crippen molar-refractivity contribution in [1.29, 1.82) is 0 Å². The summed E-state index contributed by atoms with van der Waals surface area (Å²) in [6, 6.07) is 6.67. The highest BCUT2D eigenvalue weighted by atomic mass is 16.1. The quantitative estimate of drug-likeness (QED) is 0.528. The van der Waals surface area contributed by atoms with E-state index in [9.17, 15) is 4.79 Å². The van der Waals surface area contributed by atoms with Gasteiger partial charge in [0.2, 0.25) is 0 Å². The van der Waals surface area contributed by atoms with Gasteiger partial charge in [-0.1, -0.05) is 32.0 Å². The van der Waals surface area contributed by atoms with Gasteiger partial charge in [-0.15, -0.1) is 0 Å². The number of aldehydes is 1. The van der Waals surface area contributed by atoms with Gasteiger partial charge in [-0.25, -0.2) is 0 Å². The average molecular weight is 204 g/mol. The third-order valence-electron chi connectivity index (χ3n) is 2.81. The van der Waals surface area contributed by atoms with Crippen LogP contribution in [0.5, 0.6) is 0 Å². The SMILES string of the molecule is Cc1ccc(C(C)C)cc1CCCC=O. The summed E-state index contributed by atoms with van der Waals surface area (Å²) in [4.78, 5) is 10.3. The molecule has 0 aliphatic heterocycles. The minimum atomic E-state index is 0.579. The monoisotopic (exact) mass is 204 g/mol. The molecule has 82 valence electrons. The molecule has 0 N–H and O–H groups in total. The lowest BCUT2D eigenvalue weighted by atomic mass is 9.95. The Morgan fingerprint density at radius 1 is 1.33 bits per heavy atom. The second-order valence-electron chi connectivity index (χ2n) is 4.40. The van der Waals surface area contributed by atoms with Crippen molar-refractivity contribution in [2.45, 2.75) is 46.0 Å². The minimum Gasteiger partial charge on any atom is -0.303 e. The molecule has 0 aliphatic rings. The van der Waals surface area contributed by atoms with Gasteiger partial charge in [-0.2, -0.15) is 0 Å². The van der Waals surface area contributed by atoms with Crippen LogP contribution in [0.2, 0.25) is 0 Å². The first-order valence-electron chi connectivity index (χ1n) is 5.68. The summed E-state index contributed by atoms with van der Waals surface area (Å²) in [5.74, 6) is 0.579. The van der Waals surface area contributed by atoms with E-state index in [-0.39, 0.29) is 0 Å². The van der Waals surface area contributed by atoms with Gasteiger partial charge in [0.1, 0.15) is 6.29 Å². The van der Waals surface area contributed by atoms with Crippen LogP contribution in [0, 0.1) is 6.92 Å². The molecule has 1 aromatic rings. The highest BCUT2D eigenvalue weighted by molar-refractivity contribution is 5.49. The molecule has 1 nitrogen and oxygen atoms in total. The molecule has 15 heavy (non-hydrogen) atoms. The fraction of sp³-hybridized carbons (Fsp3) is 0.500. The summed E-state index contributed by atoms with van der Waals surface area (Å²) in [6.45, 7) is 6.56. The molecule has 0 aromatic heterocycles. The highest BCUT2D eigenvalue weighted by Crippen LogP contribution is 2.19. The van der Waals surface area contributed by atoms with E-state index < -0.39 is 0 Å². The Morgan fingerprint density at radius 3 is 2.67 bits per heavy atom. The van der Waals surface area contributed by atoms with Crippen molar-refractivity contribution in [3.63, 3.8) is 0 Å². The van der Waals surface area contributed by atoms with Crippen LogP contribution in [-0.2, 0) is 11.2 Å². The molecule has 0 atom stereocenters. The van der Waals surface area contributed by atoms with Gasteiger partial charge in [-0.3, -0.25) is 0 Å². The van der Waals surface area contributed by atoms with Crippen LogP contribution >= 0.6 is 0 Å². The maximum atomic E-state index is 10.3. The van der Waals surface area contributed by atoms with Crippen LogP contribution in [0.25, 0.3) is 0 Å². The Labute approximate surface area is 92.5 Å². The first kappa shape index (κ1) is 12.0. The Balaban J connectivity index is 2.76. The van der Waals surface area contributed by atoms with Gasteiger partial charge in [0.05, 0.1) is 0 Å². The zero-order valence-corrected chi connectivity index (χ0v) is 9.92. The molecular weight excluding hydrogens is 184 g/mol. The molecule has 1 rings (SSSR count). The Hall–Kier alpha value is -1.11. The number of carbonyl (C=O) groups excluding carboxylic acids is 1. The van der Waals surface area contributed by atoms with E-state index >= 15 is 0 Å². The van der Waals surface area contributed by atoms with Crippen molar-refractivity contribution < 1.29 is 4.79 Å². The van der Waals surface area contributed by atoms with E-state index in [1.807, 2.05) is 0 Å². The van der Waals surface area contributed by atoms with Crippen molar-refractivity contribution in [1.82, 2.24) is 0 Å². The largest absolute Gasteiger partial charge is 0.303 e. The van der Waals surface area contributed by atoms with Crippen molar-refractivity contribution >= 4 is 6.29 Å². The Bertz CT molecular complexity index is 326. The highest BCUT2D eigenvalue weighted by Gasteiger charge is 2.03. The summed E-state index contributed by atoms with van der Waals surface area (Å²) in [5, 5.41) is 0. The topological polar surface area (TPSA) is 17.1 Å². The number of hydrogen-bond donors (Lipinski definition) is 0. The number of aryl methyl sites for hydroxylation is 2. The van der Waals surface area contributed by atoms with Crippen molar-refractivity contribution in [3.8, 4) is 0 Å². The molecule has 0 saturated heterocycles. The lowest BCUT2D eigenvalue weighted by Gasteiger charge is -2.10. The molecule has 0 unspecified atom stereocenters. The summed E-state index contributed by atoms with van der Waals surface area (Å²) in [5.41, 5.74) is 4.12. The smallest absolute Gasteiger partial charge is 0.120 e. The lowest BCUT2D eigenvalue weighted by molar-refractivity contribution is -0.107. The van der Waals surface area contributed by atoms with E-state index in [0.29, 0.717) is 12.3 Å². The predicted octanol–water partition coefficient (Wildman–Crippen LogP) is 3.64. The second-order valence-corrected chi connectivity index (χ2v) is 4.40. The maximum absolute atomic E-state index is 10.3. The maximum Gasteiger partial charge on any atom is 0.120 e. The van der Waals surface area contributed by atoms with Crippen LogP contribution in [-0.4, -0.2) is 6.29 Å². The lowest BCUT2D eigenvalue weighted by Crippen LogP contribution is -1.95. The van der Waals surface area contributed by atoms with Crippen LogP contribution in [0.1, 0.15) is 49.3 Å². The molecule has 1 heteroatoms. The van der Waals surface area contributed by atoms with Crippen molar-refractivity contribution in [2.24, 2.45) is 0 Å². The molecule has 0 radical (unpaired) electrons. The molecule has 0 amide bonds. The molecule has 1 aromatic carbocycles. The minimum absolute atomic E-state index is 0.579. The molecule has 0 fully saturated rings. The Kier molecular flexibility index (Phi) is 4.54. The third-order valence-corrected chi connectivity index (χ3v) is 2.81. The van der Waals surface area contributed by atoms with Gasteiger partial charge in [0.15, 0.2) is 0 Å². The molecule has 0 bridgehead atoms. The predicted molar refractivity (Wildman–Crippen MR) is 64.3 cm³/mol. The van der Waals surface area contributed by atoms with Gasteiger partial charge in [0, 0.05) is 6.42 Å². The first-order chi connectivity index (χ1) is 7.15. The zero-order valence-electron chi connectivity index (χ0n) is 9.92. The molecular formula is C14H20O. The summed E-state index contributed by atoms with van der Waals surface area (Å²) < 4.78 is 0. The normalized spacial score (nSPS) is 10.7. The van der Waals surface area contributed by atoms with Gasteiger partial charge >= 0.3 is 0 Å². The van der Waals surface area contributed by atoms with Crippen molar-refractivity contribution in [3.05, 3.63) is 34.9 Å². The molecule has 0 aliphatic carbocycles. The first-order valence-corrected chi connectivity index (χ1v) is 5.68. The fourth-order valence-electron chi connectivity index (χ4n) is 1.70. The van der Waals surface area contributed by atoms with Crippen LogP contribution in [0.4, 0.5) is 0 Å². The number of unbranched alkanes of at least 4 members (excludes halogenated alkanes) is 1. The number of hydrogen-bond acceptors (Lipinski definition) is 1. The van der Waals surface area contributed by atoms with Crippen LogP contribution in [0.15, 0.2) is 18.2 Å². The average Bonchev–Trinajstić information content (AvgIpc) is 2.20. The van der Waals surface area contributed by atoms with Crippen LogP contribution < -0.4 is 0 Å². The van der Waals surface area contributed by atoms with Crippen molar-refractivity contribution in [2.75, 3.05) is 0 Å². The fourth-order valence-corrected chi connectivity index (χ4v) is 1.70. The summed E-state index contributed by atoms with van der Waals surface area (Å²) in [7, 11) is 0. The summed E-state index contributed by atoms with van der Waals surface area (Å²) >= 11 is 0. The van der Waals surface area contributed by atoms with E-state index in [4.69, 9.17) is 0 Å². The third kappa shape index (κ3) is 3.50. The van der Waals surface area contributed by atoms with E-state index in [1.54, 1.807) is 0 Å².